The quantitative estimate of drug-likeness (QED) is 0.598. The molecule has 30 heavy (non-hydrogen) atoms. The summed E-state index contributed by atoms with van der Waals surface area (Å²) in [5.41, 5.74) is 1.68. The van der Waals surface area contributed by atoms with Crippen molar-refractivity contribution in [3.8, 4) is 0 Å². The monoisotopic (exact) mass is 445 g/mol. The number of fused-ring (bicyclic) bond motifs is 1. The van der Waals surface area contributed by atoms with Crippen LogP contribution in [0.3, 0.4) is 0 Å². The number of carbonyl (C=O) groups is 1. The van der Waals surface area contributed by atoms with E-state index in [0.717, 1.165) is 25.1 Å². The van der Waals surface area contributed by atoms with Gasteiger partial charge in [0.1, 0.15) is 10.7 Å². The average molecular weight is 446 g/mol. The lowest BCUT2D eigenvalue weighted by atomic mass is 9.94. The van der Waals surface area contributed by atoms with E-state index in [0.29, 0.717) is 35.9 Å². The number of nitrogens with one attached hydrogen (secondary N) is 2. The Balaban J connectivity index is 1.79. The number of hydrogen-bond acceptors (Lipinski definition) is 4. The van der Waals surface area contributed by atoms with Gasteiger partial charge in [-0.05, 0) is 37.1 Å². The van der Waals surface area contributed by atoms with Gasteiger partial charge in [-0.3, -0.25) is 4.79 Å². The summed E-state index contributed by atoms with van der Waals surface area (Å²) in [6.45, 7) is 1.97. The molecule has 1 aliphatic rings. The summed E-state index contributed by atoms with van der Waals surface area (Å²) >= 11 is 6.43. The summed E-state index contributed by atoms with van der Waals surface area (Å²) in [5, 5.41) is 2.99. The van der Waals surface area contributed by atoms with Gasteiger partial charge in [0, 0.05) is 12.0 Å². The van der Waals surface area contributed by atoms with Gasteiger partial charge in [0.25, 0.3) is 5.91 Å². The number of aromatic nitrogens is 2. The van der Waals surface area contributed by atoms with Gasteiger partial charge in [-0.15, -0.1) is 0 Å². The predicted octanol–water partition coefficient (Wildman–Crippen LogP) is 4.64. The number of nitrogens with zero attached hydrogens (tertiary/aromatic N) is 1. The minimum Gasteiger partial charge on any atom is -0.342 e. The molecular weight excluding hydrogens is 422 g/mol. The van der Waals surface area contributed by atoms with Crippen LogP contribution in [0.1, 0.15) is 55.2 Å². The molecule has 1 aromatic heterocycles. The van der Waals surface area contributed by atoms with Gasteiger partial charge in [-0.1, -0.05) is 56.0 Å². The standard InChI is InChI=1S/C22H24ClN3O3S/c1-2-20-24-17-13-16(23)19(14-18(17)25-20)30(28,29)22(11-7-4-8-12-22)26-21(27)15-9-5-3-6-10-15/h3,5-6,9-10,13-14H,2,4,7-8,11-12H2,1H3,(H,24,25)(H,26,27). The molecule has 4 rings (SSSR count). The smallest absolute Gasteiger partial charge is 0.252 e. The second kappa shape index (κ2) is 8.04. The molecule has 6 nitrogen and oxygen atoms in total. The largest absolute Gasteiger partial charge is 0.342 e. The Morgan fingerprint density at radius 2 is 1.87 bits per heavy atom. The second-order valence-corrected chi connectivity index (χ2v) is 10.4. The van der Waals surface area contributed by atoms with Crippen molar-refractivity contribution in [1.29, 1.82) is 0 Å². The summed E-state index contributed by atoms with van der Waals surface area (Å²) in [6, 6.07) is 11.8. The number of aryl methyl sites for hydroxylation is 1. The molecule has 1 amide bonds. The Kier molecular flexibility index (Phi) is 5.59. The van der Waals surface area contributed by atoms with Crippen molar-refractivity contribution in [3.05, 3.63) is 58.9 Å². The first-order valence-electron chi connectivity index (χ1n) is 10.2. The molecule has 1 heterocycles. The van der Waals surface area contributed by atoms with Crippen LogP contribution < -0.4 is 5.32 Å². The fraction of sp³-hybridized carbons (Fsp3) is 0.364. The van der Waals surface area contributed by atoms with Crippen molar-refractivity contribution in [1.82, 2.24) is 15.3 Å². The molecule has 1 saturated carbocycles. The highest BCUT2D eigenvalue weighted by molar-refractivity contribution is 7.93. The van der Waals surface area contributed by atoms with Gasteiger partial charge in [0.05, 0.1) is 21.0 Å². The summed E-state index contributed by atoms with van der Waals surface area (Å²) in [6.07, 6.45) is 3.78. The second-order valence-electron chi connectivity index (χ2n) is 7.72. The van der Waals surface area contributed by atoms with Crippen molar-refractivity contribution in [2.75, 3.05) is 0 Å². The molecule has 3 aromatic rings. The lowest BCUT2D eigenvalue weighted by Gasteiger charge is -2.37. The van der Waals surface area contributed by atoms with E-state index in [4.69, 9.17) is 11.6 Å². The Labute approximate surface area is 181 Å². The Bertz CT molecular complexity index is 1180. The van der Waals surface area contributed by atoms with Crippen molar-refractivity contribution in [2.45, 2.75) is 55.2 Å². The third kappa shape index (κ3) is 3.61. The molecule has 0 radical (unpaired) electrons. The van der Waals surface area contributed by atoms with Crippen LogP contribution >= 0.6 is 11.6 Å². The number of halogens is 1. The molecule has 0 spiro atoms. The topological polar surface area (TPSA) is 91.9 Å². The predicted molar refractivity (Wildman–Crippen MR) is 117 cm³/mol. The molecule has 0 atom stereocenters. The highest BCUT2D eigenvalue weighted by Gasteiger charge is 2.47. The Hall–Kier alpha value is -2.38. The number of H-pyrrole nitrogens is 1. The first-order valence-corrected chi connectivity index (χ1v) is 12.0. The number of sulfone groups is 1. The van der Waals surface area contributed by atoms with Gasteiger partial charge in [0.15, 0.2) is 0 Å². The molecule has 1 aliphatic carbocycles. The highest BCUT2D eigenvalue weighted by Crippen LogP contribution is 2.40. The molecule has 1 fully saturated rings. The van der Waals surface area contributed by atoms with Crippen LogP contribution in [0.2, 0.25) is 5.02 Å². The number of aromatic amines is 1. The molecule has 2 aromatic carbocycles. The first-order chi connectivity index (χ1) is 14.4. The van der Waals surface area contributed by atoms with Gasteiger partial charge in [-0.25, -0.2) is 13.4 Å². The van der Waals surface area contributed by atoms with E-state index in [1.165, 1.54) is 0 Å². The zero-order chi connectivity index (χ0) is 21.4. The Morgan fingerprint density at radius 3 is 2.53 bits per heavy atom. The number of rotatable bonds is 5. The van der Waals surface area contributed by atoms with Crippen LogP contribution in [0, 0.1) is 0 Å². The maximum Gasteiger partial charge on any atom is 0.252 e. The number of benzene rings is 2. The van der Waals surface area contributed by atoms with E-state index in [1.807, 2.05) is 13.0 Å². The molecule has 0 unspecified atom stereocenters. The number of carbonyl (C=O) groups excluding carboxylic acids is 1. The van der Waals surface area contributed by atoms with E-state index >= 15 is 0 Å². The fourth-order valence-electron chi connectivity index (χ4n) is 4.10. The van der Waals surface area contributed by atoms with Crippen LogP contribution in [0.4, 0.5) is 0 Å². The van der Waals surface area contributed by atoms with Crippen LogP contribution in [0.5, 0.6) is 0 Å². The number of imidazole rings is 1. The maximum absolute atomic E-state index is 13.9. The highest BCUT2D eigenvalue weighted by atomic mass is 35.5. The molecule has 158 valence electrons. The summed E-state index contributed by atoms with van der Waals surface area (Å²) in [7, 11) is -3.96. The summed E-state index contributed by atoms with van der Waals surface area (Å²) in [4.78, 5) is 19.1. The molecule has 0 bridgehead atoms. The van der Waals surface area contributed by atoms with Crippen molar-refractivity contribution < 1.29 is 13.2 Å². The fourth-order valence-corrected chi connectivity index (χ4v) is 6.63. The number of hydrogen-bond donors (Lipinski definition) is 2. The molecular formula is C22H24ClN3O3S. The average Bonchev–Trinajstić information content (AvgIpc) is 3.16. The van der Waals surface area contributed by atoms with Crippen molar-refractivity contribution >= 4 is 38.4 Å². The third-order valence-electron chi connectivity index (χ3n) is 5.76. The van der Waals surface area contributed by atoms with E-state index in [-0.39, 0.29) is 9.92 Å². The summed E-state index contributed by atoms with van der Waals surface area (Å²) in [5.74, 6) is 0.369. The van der Waals surface area contributed by atoms with Gasteiger partial charge in [0.2, 0.25) is 9.84 Å². The Morgan fingerprint density at radius 1 is 1.17 bits per heavy atom. The van der Waals surface area contributed by atoms with Crippen LogP contribution in [0.15, 0.2) is 47.4 Å². The molecule has 2 N–H and O–H groups in total. The van der Waals surface area contributed by atoms with E-state index < -0.39 is 20.6 Å². The van der Waals surface area contributed by atoms with Crippen molar-refractivity contribution in [3.63, 3.8) is 0 Å². The maximum atomic E-state index is 13.9. The summed E-state index contributed by atoms with van der Waals surface area (Å²) < 4.78 is 27.8. The molecule has 0 saturated heterocycles. The van der Waals surface area contributed by atoms with E-state index in [1.54, 1.807) is 36.4 Å². The molecule has 0 aliphatic heterocycles. The normalized spacial score (nSPS) is 16.5. The lowest BCUT2D eigenvalue weighted by Crippen LogP contribution is -2.55. The van der Waals surface area contributed by atoms with Crippen LogP contribution in [-0.4, -0.2) is 29.2 Å². The SMILES string of the molecule is CCc1nc2cc(Cl)c(S(=O)(=O)C3(NC(=O)c4ccccc4)CCCCC3)cc2[nH]1. The molecule has 8 heteroatoms. The van der Waals surface area contributed by atoms with Gasteiger partial charge >= 0.3 is 0 Å². The lowest BCUT2D eigenvalue weighted by molar-refractivity contribution is 0.0912. The van der Waals surface area contributed by atoms with Crippen molar-refractivity contribution in [2.24, 2.45) is 0 Å². The number of amides is 1. The van der Waals surface area contributed by atoms with Gasteiger partial charge < -0.3 is 10.3 Å². The zero-order valence-electron chi connectivity index (χ0n) is 16.7. The first kappa shape index (κ1) is 20.9. The van der Waals surface area contributed by atoms with E-state index in [9.17, 15) is 13.2 Å². The van der Waals surface area contributed by atoms with E-state index in [2.05, 4.69) is 15.3 Å². The minimum absolute atomic E-state index is 0.0261. The minimum atomic E-state index is -3.96. The third-order valence-corrected chi connectivity index (χ3v) is 8.64. The van der Waals surface area contributed by atoms with Crippen LogP contribution in [-0.2, 0) is 16.3 Å². The van der Waals surface area contributed by atoms with Gasteiger partial charge in [-0.2, -0.15) is 0 Å². The zero-order valence-corrected chi connectivity index (χ0v) is 18.3. The van der Waals surface area contributed by atoms with Crippen LogP contribution in [0.25, 0.3) is 11.0 Å².